The van der Waals surface area contributed by atoms with E-state index >= 15 is 0 Å². The Kier molecular flexibility index (Phi) is 9.28. The Labute approximate surface area is 132 Å². The summed E-state index contributed by atoms with van der Waals surface area (Å²) in [7, 11) is 0. The molecule has 1 aromatic rings. The number of nitrogens with one attached hydrogen (secondary N) is 1. The summed E-state index contributed by atoms with van der Waals surface area (Å²) in [5, 5.41) is 5.08. The van der Waals surface area contributed by atoms with E-state index in [-0.39, 0.29) is 0 Å². The second-order valence-corrected chi connectivity index (χ2v) is 5.84. The number of benzene rings is 1. The summed E-state index contributed by atoms with van der Waals surface area (Å²) in [4.78, 5) is 0. The predicted molar refractivity (Wildman–Crippen MR) is 88.0 cm³/mol. The third kappa shape index (κ3) is 6.94. The molecule has 1 N–H and O–H groups in total. The summed E-state index contributed by atoms with van der Waals surface area (Å²) in [5.74, 6) is 0. The van der Waals surface area contributed by atoms with Crippen molar-refractivity contribution in [2.75, 3.05) is 19.8 Å². The third-order valence-electron chi connectivity index (χ3n) is 3.12. The van der Waals surface area contributed by atoms with Gasteiger partial charge in [0.05, 0.1) is 0 Å². The van der Waals surface area contributed by atoms with E-state index < -0.39 is 0 Å². The molecule has 0 aromatic heterocycles. The number of hydrogen-bond acceptors (Lipinski definition) is 2. The highest BCUT2D eigenvalue weighted by Crippen LogP contribution is 2.22. The van der Waals surface area contributed by atoms with E-state index in [1.165, 1.54) is 0 Å². The van der Waals surface area contributed by atoms with E-state index in [2.05, 4.69) is 19.2 Å². The van der Waals surface area contributed by atoms with Crippen LogP contribution < -0.4 is 5.32 Å². The van der Waals surface area contributed by atoms with Gasteiger partial charge in [-0.15, -0.1) is 0 Å². The van der Waals surface area contributed by atoms with E-state index in [1.807, 2.05) is 18.2 Å². The molecule has 0 saturated heterocycles. The molecule has 20 heavy (non-hydrogen) atoms. The van der Waals surface area contributed by atoms with Crippen LogP contribution in [0.3, 0.4) is 0 Å². The highest BCUT2D eigenvalue weighted by atomic mass is 35.5. The SMILES string of the molecule is CCCNC(CCOCCC)Cc1cc(Cl)ccc1Cl. The van der Waals surface area contributed by atoms with Crippen molar-refractivity contribution in [3.05, 3.63) is 33.8 Å². The summed E-state index contributed by atoms with van der Waals surface area (Å²) in [6.07, 6.45) is 4.06. The smallest absolute Gasteiger partial charge is 0.0480 e. The van der Waals surface area contributed by atoms with Crippen LogP contribution in [-0.4, -0.2) is 25.8 Å². The zero-order valence-corrected chi connectivity index (χ0v) is 13.9. The average molecular weight is 318 g/mol. The highest BCUT2D eigenvalue weighted by molar-refractivity contribution is 6.33. The first kappa shape index (κ1) is 17.8. The Bertz CT molecular complexity index is 385. The molecule has 0 spiro atoms. The minimum Gasteiger partial charge on any atom is -0.381 e. The molecule has 0 saturated carbocycles. The van der Waals surface area contributed by atoms with Crippen molar-refractivity contribution in [1.29, 1.82) is 0 Å². The summed E-state index contributed by atoms with van der Waals surface area (Å²) in [6.45, 7) is 6.92. The third-order valence-corrected chi connectivity index (χ3v) is 3.72. The zero-order valence-electron chi connectivity index (χ0n) is 12.4. The van der Waals surface area contributed by atoms with Crippen molar-refractivity contribution in [1.82, 2.24) is 5.32 Å². The second kappa shape index (κ2) is 10.4. The molecule has 114 valence electrons. The fourth-order valence-electron chi connectivity index (χ4n) is 2.06. The average Bonchev–Trinajstić information content (AvgIpc) is 2.44. The van der Waals surface area contributed by atoms with Crippen molar-refractivity contribution in [2.24, 2.45) is 0 Å². The number of hydrogen-bond donors (Lipinski definition) is 1. The van der Waals surface area contributed by atoms with Crippen molar-refractivity contribution in [3.63, 3.8) is 0 Å². The van der Waals surface area contributed by atoms with Gasteiger partial charge in [-0.1, -0.05) is 37.0 Å². The normalized spacial score (nSPS) is 12.6. The topological polar surface area (TPSA) is 21.3 Å². The van der Waals surface area contributed by atoms with Crippen molar-refractivity contribution in [2.45, 2.75) is 45.6 Å². The summed E-state index contributed by atoms with van der Waals surface area (Å²) < 4.78 is 5.59. The Hall–Kier alpha value is -0.280. The van der Waals surface area contributed by atoms with Gasteiger partial charge in [-0.25, -0.2) is 0 Å². The molecule has 0 aliphatic rings. The van der Waals surface area contributed by atoms with Crippen LogP contribution in [0.4, 0.5) is 0 Å². The van der Waals surface area contributed by atoms with Crippen molar-refractivity contribution >= 4 is 23.2 Å². The number of halogens is 2. The standard InChI is InChI=1S/C16H25Cl2NO/c1-3-8-19-15(7-10-20-9-4-2)12-13-11-14(17)5-6-16(13)18/h5-6,11,15,19H,3-4,7-10,12H2,1-2H3. The highest BCUT2D eigenvalue weighted by Gasteiger charge is 2.11. The van der Waals surface area contributed by atoms with Crippen LogP contribution in [0.1, 0.15) is 38.7 Å². The second-order valence-electron chi connectivity index (χ2n) is 4.99. The van der Waals surface area contributed by atoms with Crippen LogP contribution in [0, 0.1) is 0 Å². The van der Waals surface area contributed by atoms with E-state index in [1.54, 1.807) is 0 Å². The van der Waals surface area contributed by atoms with Gasteiger partial charge in [-0.05, 0) is 56.0 Å². The van der Waals surface area contributed by atoms with Crippen molar-refractivity contribution < 1.29 is 4.74 Å². The van der Waals surface area contributed by atoms with Gasteiger partial charge in [0, 0.05) is 29.3 Å². The maximum atomic E-state index is 6.24. The van der Waals surface area contributed by atoms with Crippen LogP contribution in [0.5, 0.6) is 0 Å². The molecule has 4 heteroatoms. The van der Waals surface area contributed by atoms with E-state index in [0.717, 1.165) is 61.1 Å². The molecule has 0 aliphatic heterocycles. The number of rotatable bonds is 10. The lowest BCUT2D eigenvalue weighted by molar-refractivity contribution is 0.124. The Morgan fingerprint density at radius 1 is 1.15 bits per heavy atom. The summed E-state index contributed by atoms with van der Waals surface area (Å²) in [5.41, 5.74) is 1.10. The van der Waals surface area contributed by atoms with Gasteiger partial charge in [-0.2, -0.15) is 0 Å². The molecule has 0 aliphatic carbocycles. The number of ether oxygens (including phenoxy) is 1. The molecule has 2 nitrogen and oxygen atoms in total. The molecule has 0 amide bonds. The van der Waals surface area contributed by atoms with Gasteiger partial charge in [-0.3, -0.25) is 0 Å². The molecule has 1 rings (SSSR count). The lowest BCUT2D eigenvalue weighted by atomic mass is 10.0. The Morgan fingerprint density at radius 2 is 1.95 bits per heavy atom. The molecule has 0 fully saturated rings. The zero-order chi connectivity index (χ0) is 14.8. The fourth-order valence-corrected chi connectivity index (χ4v) is 2.45. The lowest BCUT2D eigenvalue weighted by Crippen LogP contribution is -2.33. The predicted octanol–water partition coefficient (Wildman–Crippen LogP) is 4.72. The minimum absolute atomic E-state index is 0.378. The van der Waals surface area contributed by atoms with Gasteiger partial charge in [0.15, 0.2) is 0 Å². The van der Waals surface area contributed by atoms with Gasteiger partial charge in [0.2, 0.25) is 0 Å². The van der Waals surface area contributed by atoms with E-state index in [0.29, 0.717) is 6.04 Å². The Morgan fingerprint density at radius 3 is 2.65 bits per heavy atom. The maximum Gasteiger partial charge on any atom is 0.0480 e. The Balaban J connectivity index is 2.55. The maximum absolute atomic E-state index is 6.24. The molecule has 0 radical (unpaired) electrons. The van der Waals surface area contributed by atoms with Crippen molar-refractivity contribution in [3.8, 4) is 0 Å². The first-order valence-corrected chi connectivity index (χ1v) is 8.18. The van der Waals surface area contributed by atoms with Crippen LogP contribution in [0.2, 0.25) is 10.0 Å². The molecular formula is C16H25Cl2NO. The van der Waals surface area contributed by atoms with Gasteiger partial charge in [0.25, 0.3) is 0 Å². The molecule has 1 unspecified atom stereocenters. The molecular weight excluding hydrogens is 293 g/mol. The van der Waals surface area contributed by atoms with E-state index in [4.69, 9.17) is 27.9 Å². The van der Waals surface area contributed by atoms with Crippen LogP contribution >= 0.6 is 23.2 Å². The molecule has 1 aromatic carbocycles. The molecule has 0 heterocycles. The van der Waals surface area contributed by atoms with E-state index in [9.17, 15) is 0 Å². The lowest BCUT2D eigenvalue weighted by Gasteiger charge is -2.19. The van der Waals surface area contributed by atoms with Gasteiger partial charge >= 0.3 is 0 Å². The first-order valence-electron chi connectivity index (χ1n) is 7.42. The fraction of sp³-hybridized carbons (Fsp3) is 0.625. The summed E-state index contributed by atoms with van der Waals surface area (Å²) in [6, 6.07) is 6.02. The van der Waals surface area contributed by atoms with Gasteiger partial charge in [0.1, 0.15) is 0 Å². The quantitative estimate of drug-likeness (QED) is 0.630. The summed E-state index contributed by atoms with van der Waals surface area (Å²) >= 11 is 12.3. The van der Waals surface area contributed by atoms with Crippen LogP contribution in [0.25, 0.3) is 0 Å². The molecule has 0 bridgehead atoms. The van der Waals surface area contributed by atoms with Crippen LogP contribution in [0.15, 0.2) is 18.2 Å². The monoisotopic (exact) mass is 317 g/mol. The minimum atomic E-state index is 0.378. The van der Waals surface area contributed by atoms with Crippen LogP contribution in [-0.2, 0) is 11.2 Å². The van der Waals surface area contributed by atoms with Gasteiger partial charge < -0.3 is 10.1 Å². The largest absolute Gasteiger partial charge is 0.381 e. The molecule has 1 atom stereocenters. The first-order chi connectivity index (χ1) is 9.67.